The highest BCUT2D eigenvalue weighted by molar-refractivity contribution is 7.99. The van der Waals surface area contributed by atoms with Gasteiger partial charge in [0, 0.05) is 24.2 Å². The van der Waals surface area contributed by atoms with Crippen LogP contribution in [0.4, 0.5) is 0 Å². The van der Waals surface area contributed by atoms with Crippen LogP contribution in [0.1, 0.15) is 52.7 Å². The summed E-state index contributed by atoms with van der Waals surface area (Å²) in [6.45, 7) is 4.04. The molecule has 0 amide bonds. The first-order valence-electron chi connectivity index (χ1n) is 9.27. The predicted molar refractivity (Wildman–Crippen MR) is 111 cm³/mol. The van der Waals surface area contributed by atoms with Crippen LogP contribution in [0.3, 0.4) is 0 Å². The van der Waals surface area contributed by atoms with E-state index < -0.39 is 0 Å². The Balaban J connectivity index is 1.74. The van der Waals surface area contributed by atoms with Crippen LogP contribution in [0.15, 0.2) is 28.3 Å². The van der Waals surface area contributed by atoms with E-state index >= 15 is 0 Å². The average molecular weight is 402 g/mol. The van der Waals surface area contributed by atoms with Crippen molar-refractivity contribution in [1.82, 2.24) is 14.1 Å². The molecule has 0 spiro atoms. The minimum absolute atomic E-state index is 0.0540. The highest BCUT2D eigenvalue weighted by Gasteiger charge is 2.25. The maximum Gasteiger partial charge on any atom is 0.263 e. The molecule has 3 heterocycles. The van der Waals surface area contributed by atoms with Crippen LogP contribution >= 0.6 is 23.1 Å². The Morgan fingerprint density at radius 2 is 2.07 bits per heavy atom. The molecule has 0 bridgehead atoms. The first kappa shape index (κ1) is 18.5. The van der Waals surface area contributed by atoms with Gasteiger partial charge in [0.05, 0.1) is 16.8 Å². The van der Waals surface area contributed by atoms with Crippen molar-refractivity contribution in [3.05, 3.63) is 44.8 Å². The number of thiophene rings is 1. The normalized spacial score (nSPS) is 15.1. The summed E-state index contributed by atoms with van der Waals surface area (Å²) in [5, 5.41) is 1.44. The summed E-state index contributed by atoms with van der Waals surface area (Å²) in [6, 6.07) is 3.89. The molecule has 0 unspecified atom stereocenters. The van der Waals surface area contributed by atoms with E-state index in [1.54, 1.807) is 11.3 Å². The third-order valence-electron chi connectivity index (χ3n) is 5.45. The zero-order valence-electron chi connectivity index (χ0n) is 15.8. The van der Waals surface area contributed by atoms with E-state index in [4.69, 9.17) is 4.98 Å². The number of aryl methyl sites for hydroxylation is 3. The fourth-order valence-corrected chi connectivity index (χ4v) is 5.84. The van der Waals surface area contributed by atoms with E-state index in [0.29, 0.717) is 10.9 Å². The van der Waals surface area contributed by atoms with Crippen molar-refractivity contribution in [2.75, 3.05) is 5.75 Å². The lowest BCUT2D eigenvalue weighted by Crippen LogP contribution is -2.26. The number of carbonyl (C=O) groups is 1. The van der Waals surface area contributed by atoms with E-state index in [1.165, 1.54) is 11.8 Å². The van der Waals surface area contributed by atoms with Gasteiger partial charge in [-0.1, -0.05) is 24.6 Å². The van der Waals surface area contributed by atoms with Gasteiger partial charge in [-0.05, 0) is 44.4 Å². The molecule has 0 N–H and O–H groups in total. The fraction of sp³-hybridized carbons (Fsp3) is 0.450. The summed E-state index contributed by atoms with van der Waals surface area (Å²) in [4.78, 5) is 32.7. The number of carbonyl (C=O) groups excluding carboxylic acids is 1. The molecule has 4 rings (SSSR count). The van der Waals surface area contributed by atoms with Crippen molar-refractivity contribution in [3.8, 4) is 0 Å². The molecule has 1 fully saturated rings. The molecule has 0 aliphatic heterocycles. The second kappa shape index (κ2) is 7.28. The van der Waals surface area contributed by atoms with Gasteiger partial charge in [0.15, 0.2) is 10.9 Å². The van der Waals surface area contributed by atoms with Gasteiger partial charge in [-0.3, -0.25) is 14.2 Å². The van der Waals surface area contributed by atoms with Gasteiger partial charge in [-0.15, -0.1) is 11.3 Å². The summed E-state index contributed by atoms with van der Waals surface area (Å²) >= 11 is 2.95. The van der Waals surface area contributed by atoms with Crippen LogP contribution in [-0.2, 0) is 7.05 Å². The number of hydrogen-bond acceptors (Lipinski definition) is 5. The van der Waals surface area contributed by atoms with Crippen LogP contribution in [0, 0.1) is 13.8 Å². The van der Waals surface area contributed by atoms with Crippen LogP contribution in [-0.4, -0.2) is 25.7 Å². The van der Waals surface area contributed by atoms with E-state index in [0.717, 1.165) is 46.3 Å². The number of fused-ring (bicyclic) bond motifs is 1. The van der Waals surface area contributed by atoms with E-state index in [-0.39, 0.29) is 23.1 Å². The van der Waals surface area contributed by atoms with Crippen LogP contribution in [0.2, 0.25) is 0 Å². The molecule has 1 aliphatic carbocycles. The van der Waals surface area contributed by atoms with Gasteiger partial charge < -0.3 is 4.57 Å². The lowest BCUT2D eigenvalue weighted by Gasteiger charge is -2.18. The summed E-state index contributed by atoms with van der Waals surface area (Å²) in [7, 11) is 1.87. The molecule has 142 valence electrons. The van der Waals surface area contributed by atoms with Crippen molar-refractivity contribution in [2.24, 2.45) is 7.05 Å². The summed E-state index contributed by atoms with van der Waals surface area (Å²) in [5.74, 6) is 0.338. The Kier molecular flexibility index (Phi) is 4.99. The largest absolute Gasteiger partial charge is 0.348 e. The van der Waals surface area contributed by atoms with Gasteiger partial charge in [-0.25, -0.2) is 4.98 Å². The SMILES string of the molecule is Cc1sc2nc(SCC(=O)c3cccn3C)n(C3CCCC3)c(=O)c2c1C. The molecule has 5 nitrogen and oxygen atoms in total. The highest BCUT2D eigenvalue weighted by atomic mass is 32.2. The first-order chi connectivity index (χ1) is 13.0. The van der Waals surface area contributed by atoms with Gasteiger partial charge in [0.1, 0.15) is 4.83 Å². The van der Waals surface area contributed by atoms with Crippen molar-refractivity contribution in [1.29, 1.82) is 0 Å². The number of hydrogen-bond donors (Lipinski definition) is 0. The lowest BCUT2D eigenvalue weighted by molar-refractivity contribution is 0.101. The maximum atomic E-state index is 13.3. The Hall–Kier alpha value is -1.86. The second-order valence-corrected chi connectivity index (χ2v) is 9.33. The molecule has 27 heavy (non-hydrogen) atoms. The Morgan fingerprint density at radius 1 is 1.33 bits per heavy atom. The predicted octanol–water partition coefficient (Wildman–Crippen LogP) is 4.50. The van der Waals surface area contributed by atoms with Crippen LogP contribution in [0.5, 0.6) is 0 Å². The van der Waals surface area contributed by atoms with Crippen LogP contribution in [0.25, 0.3) is 10.2 Å². The van der Waals surface area contributed by atoms with E-state index in [9.17, 15) is 9.59 Å². The van der Waals surface area contributed by atoms with E-state index in [1.807, 2.05) is 48.4 Å². The smallest absolute Gasteiger partial charge is 0.263 e. The monoisotopic (exact) mass is 401 g/mol. The number of ketones is 1. The molecule has 0 saturated heterocycles. The number of rotatable bonds is 5. The summed E-state index contributed by atoms with van der Waals surface area (Å²) < 4.78 is 3.70. The zero-order chi connectivity index (χ0) is 19.1. The third-order valence-corrected chi connectivity index (χ3v) is 7.51. The Bertz CT molecular complexity index is 1070. The number of Topliss-reactive ketones (excluding diaryl/α,β-unsaturated/α-hetero) is 1. The quantitative estimate of drug-likeness (QED) is 0.359. The topological polar surface area (TPSA) is 56.9 Å². The molecular weight excluding hydrogens is 378 g/mol. The average Bonchev–Trinajstić information content (AvgIpc) is 3.35. The second-order valence-electron chi connectivity index (χ2n) is 7.19. The summed E-state index contributed by atoms with van der Waals surface area (Å²) in [6.07, 6.45) is 6.17. The van der Waals surface area contributed by atoms with Gasteiger partial charge in [-0.2, -0.15) is 0 Å². The molecule has 3 aromatic rings. The fourth-order valence-electron chi connectivity index (χ4n) is 3.83. The highest BCUT2D eigenvalue weighted by Crippen LogP contribution is 2.34. The van der Waals surface area contributed by atoms with Gasteiger partial charge in [0.25, 0.3) is 5.56 Å². The number of nitrogens with zero attached hydrogens (tertiary/aromatic N) is 3. The molecule has 1 saturated carbocycles. The summed E-state index contributed by atoms with van der Waals surface area (Å²) in [5.41, 5.74) is 1.78. The van der Waals surface area contributed by atoms with E-state index in [2.05, 4.69) is 0 Å². The molecule has 0 atom stereocenters. The molecule has 1 aliphatic rings. The van der Waals surface area contributed by atoms with Crippen molar-refractivity contribution < 1.29 is 4.79 Å². The van der Waals surface area contributed by atoms with Gasteiger partial charge in [0.2, 0.25) is 0 Å². The first-order valence-corrected chi connectivity index (χ1v) is 11.1. The molecule has 7 heteroatoms. The lowest BCUT2D eigenvalue weighted by atomic mass is 10.2. The van der Waals surface area contributed by atoms with Crippen molar-refractivity contribution >= 4 is 39.1 Å². The molecule has 3 aromatic heterocycles. The van der Waals surface area contributed by atoms with Crippen molar-refractivity contribution in [3.63, 3.8) is 0 Å². The molecule has 0 aromatic carbocycles. The minimum Gasteiger partial charge on any atom is -0.348 e. The number of aromatic nitrogens is 3. The third kappa shape index (κ3) is 3.27. The Morgan fingerprint density at radius 3 is 2.74 bits per heavy atom. The molecular formula is C20H23N3O2S2. The zero-order valence-corrected chi connectivity index (χ0v) is 17.5. The van der Waals surface area contributed by atoms with Crippen LogP contribution < -0.4 is 5.56 Å². The minimum atomic E-state index is 0.0540. The molecule has 0 radical (unpaired) electrons. The Labute approximate surface area is 166 Å². The standard InChI is InChI=1S/C20H23N3O2S2/c1-12-13(2)27-18-17(12)19(25)23(14-7-4-5-8-14)20(21-18)26-11-16(24)15-9-6-10-22(15)3/h6,9-10,14H,4-5,7-8,11H2,1-3H3. The van der Waals surface area contributed by atoms with Crippen molar-refractivity contribution in [2.45, 2.75) is 50.7 Å². The number of thioether (sulfide) groups is 1. The maximum absolute atomic E-state index is 13.3. The van der Waals surface area contributed by atoms with Gasteiger partial charge >= 0.3 is 0 Å².